The minimum atomic E-state index is -3.62. The molecule has 1 aliphatic rings. The van der Waals surface area contributed by atoms with Crippen LogP contribution in [0.1, 0.15) is 16.7 Å². The lowest BCUT2D eigenvalue weighted by atomic mass is 9.91. The van der Waals surface area contributed by atoms with Crippen molar-refractivity contribution in [2.24, 2.45) is 0 Å². The number of fused-ring (bicyclic) bond motifs is 2. The third-order valence-corrected chi connectivity index (χ3v) is 8.14. The van der Waals surface area contributed by atoms with Crippen molar-refractivity contribution in [2.45, 2.75) is 24.9 Å². The van der Waals surface area contributed by atoms with Crippen LogP contribution >= 0.6 is 23.2 Å². The van der Waals surface area contributed by atoms with Gasteiger partial charge in [-0.3, -0.25) is 0 Å². The lowest BCUT2D eigenvalue weighted by molar-refractivity contribution is 0.432. The van der Waals surface area contributed by atoms with E-state index in [2.05, 4.69) is 6.07 Å². The standard InChI is InChI=1S/C25H19Cl2NO2S/c1-16-6-9-20(10-7-16)31(29,30)28-14-18-12-17-4-2-3-5-21(17)25(23(18)15-28)22-11-8-19(26)13-24(22)27/h2-13H,14-15H2,1H3. The number of sulfonamides is 1. The molecule has 5 rings (SSSR count). The first-order chi connectivity index (χ1) is 14.8. The van der Waals surface area contributed by atoms with Crippen LogP contribution in [0.15, 0.2) is 77.7 Å². The molecule has 1 aliphatic heterocycles. The minimum absolute atomic E-state index is 0.296. The monoisotopic (exact) mass is 467 g/mol. The van der Waals surface area contributed by atoms with E-state index >= 15 is 0 Å². The summed E-state index contributed by atoms with van der Waals surface area (Å²) in [5.74, 6) is 0. The maximum Gasteiger partial charge on any atom is 0.243 e. The second-order valence-electron chi connectivity index (χ2n) is 7.82. The molecule has 3 nitrogen and oxygen atoms in total. The highest BCUT2D eigenvalue weighted by atomic mass is 35.5. The van der Waals surface area contributed by atoms with E-state index in [1.165, 1.54) is 4.31 Å². The summed E-state index contributed by atoms with van der Waals surface area (Å²) < 4.78 is 28.2. The maximum atomic E-state index is 13.3. The summed E-state index contributed by atoms with van der Waals surface area (Å²) in [5, 5.41) is 3.21. The van der Waals surface area contributed by atoms with Crippen LogP contribution in [0.25, 0.3) is 21.9 Å². The molecule has 4 aromatic rings. The van der Waals surface area contributed by atoms with Crippen molar-refractivity contribution in [2.75, 3.05) is 0 Å². The summed E-state index contributed by atoms with van der Waals surface area (Å²) in [6.07, 6.45) is 0. The first kappa shape index (κ1) is 20.5. The van der Waals surface area contributed by atoms with Crippen LogP contribution in [0.4, 0.5) is 0 Å². The van der Waals surface area contributed by atoms with Crippen LogP contribution < -0.4 is 0 Å². The first-order valence-corrected chi connectivity index (χ1v) is 12.1. The molecule has 156 valence electrons. The van der Waals surface area contributed by atoms with Gasteiger partial charge >= 0.3 is 0 Å². The van der Waals surface area contributed by atoms with Gasteiger partial charge in [-0.15, -0.1) is 0 Å². The van der Waals surface area contributed by atoms with Gasteiger partial charge in [0, 0.05) is 28.7 Å². The van der Waals surface area contributed by atoms with Gasteiger partial charge in [-0.25, -0.2) is 8.42 Å². The number of halogens is 2. The lowest BCUT2D eigenvalue weighted by Crippen LogP contribution is -2.25. The average molecular weight is 468 g/mol. The molecule has 0 unspecified atom stereocenters. The molecule has 0 saturated heterocycles. The largest absolute Gasteiger partial charge is 0.243 e. The van der Waals surface area contributed by atoms with Crippen LogP contribution in [0.3, 0.4) is 0 Å². The van der Waals surface area contributed by atoms with E-state index in [0.29, 0.717) is 28.0 Å². The Bertz CT molecular complexity index is 1430. The minimum Gasteiger partial charge on any atom is -0.207 e. The van der Waals surface area contributed by atoms with Gasteiger partial charge in [0.05, 0.1) is 4.90 Å². The fraction of sp³-hybridized carbons (Fsp3) is 0.120. The van der Waals surface area contributed by atoms with Gasteiger partial charge in [-0.1, -0.05) is 71.2 Å². The number of hydrogen-bond donors (Lipinski definition) is 0. The van der Waals surface area contributed by atoms with Crippen LogP contribution in [0.2, 0.25) is 10.0 Å². The molecule has 6 heteroatoms. The van der Waals surface area contributed by atoms with E-state index in [9.17, 15) is 8.42 Å². The summed E-state index contributed by atoms with van der Waals surface area (Å²) in [7, 11) is -3.62. The normalized spacial score (nSPS) is 14.2. The highest BCUT2D eigenvalue weighted by Gasteiger charge is 2.33. The Kier molecular flexibility index (Phi) is 5.06. The van der Waals surface area contributed by atoms with Crippen LogP contribution in [-0.2, 0) is 23.1 Å². The van der Waals surface area contributed by atoms with Gasteiger partial charge in [-0.2, -0.15) is 4.31 Å². The van der Waals surface area contributed by atoms with Gasteiger partial charge in [0.2, 0.25) is 10.0 Å². The summed E-state index contributed by atoms with van der Waals surface area (Å²) in [6, 6.07) is 22.6. The number of benzene rings is 4. The van der Waals surface area contributed by atoms with Gasteiger partial charge in [0.15, 0.2) is 0 Å². The molecule has 0 N–H and O–H groups in total. The smallest absolute Gasteiger partial charge is 0.207 e. The molecule has 0 aliphatic carbocycles. The predicted molar refractivity (Wildman–Crippen MR) is 127 cm³/mol. The van der Waals surface area contributed by atoms with Crippen LogP contribution in [0.5, 0.6) is 0 Å². The predicted octanol–water partition coefficient (Wildman–Crippen LogP) is 6.83. The van der Waals surface area contributed by atoms with Gasteiger partial charge < -0.3 is 0 Å². The van der Waals surface area contributed by atoms with E-state index in [1.54, 1.807) is 18.2 Å². The molecule has 0 amide bonds. The Morgan fingerprint density at radius 2 is 1.61 bits per heavy atom. The van der Waals surface area contributed by atoms with Crippen LogP contribution in [-0.4, -0.2) is 12.7 Å². The Labute approximate surface area is 191 Å². The zero-order valence-electron chi connectivity index (χ0n) is 16.8. The quantitative estimate of drug-likeness (QED) is 0.331. The molecular weight excluding hydrogens is 449 g/mol. The van der Waals surface area contributed by atoms with Crippen molar-refractivity contribution in [3.8, 4) is 11.1 Å². The highest BCUT2D eigenvalue weighted by Crippen LogP contribution is 2.43. The Morgan fingerprint density at radius 3 is 2.35 bits per heavy atom. The Morgan fingerprint density at radius 1 is 0.871 bits per heavy atom. The molecule has 0 fully saturated rings. The molecule has 0 atom stereocenters. The van der Waals surface area contributed by atoms with Crippen molar-refractivity contribution >= 4 is 44.0 Å². The third-order valence-electron chi connectivity index (χ3n) is 5.79. The van der Waals surface area contributed by atoms with Crippen molar-refractivity contribution < 1.29 is 8.42 Å². The molecule has 0 aromatic heterocycles. The zero-order chi connectivity index (χ0) is 21.8. The summed E-state index contributed by atoms with van der Waals surface area (Å²) in [5.41, 5.74) is 4.83. The Balaban J connectivity index is 1.68. The number of rotatable bonds is 3. The van der Waals surface area contributed by atoms with Gasteiger partial charge in [0.25, 0.3) is 0 Å². The van der Waals surface area contributed by atoms with Gasteiger partial charge in [0.1, 0.15) is 0 Å². The van der Waals surface area contributed by atoms with Crippen molar-refractivity contribution in [1.82, 2.24) is 4.31 Å². The van der Waals surface area contributed by atoms with E-state index in [1.807, 2.05) is 55.5 Å². The van der Waals surface area contributed by atoms with Crippen molar-refractivity contribution in [1.29, 1.82) is 0 Å². The van der Waals surface area contributed by atoms with E-state index in [-0.39, 0.29) is 0 Å². The zero-order valence-corrected chi connectivity index (χ0v) is 19.1. The molecule has 0 radical (unpaired) electrons. The first-order valence-electron chi connectivity index (χ1n) is 9.90. The van der Waals surface area contributed by atoms with E-state index in [0.717, 1.165) is 38.6 Å². The third kappa shape index (κ3) is 3.54. The molecular formula is C25H19Cl2NO2S. The maximum absolute atomic E-state index is 13.3. The van der Waals surface area contributed by atoms with Crippen LogP contribution in [0, 0.1) is 6.92 Å². The van der Waals surface area contributed by atoms with Gasteiger partial charge in [-0.05, 0) is 64.7 Å². The van der Waals surface area contributed by atoms with Crippen molar-refractivity contribution in [3.63, 3.8) is 0 Å². The topological polar surface area (TPSA) is 37.4 Å². The Hall–Kier alpha value is -2.37. The second kappa shape index (κ2) is 7.64. The van der Waals surface area contributed by atoms with E-state index in [4.69, 9.17) is 23.2 Å². The molecule has 0 spiro atoms. The summed E-state index contributed by atoms with van der Waals surface area (Å²) in [6.45, 7) is 2.56. The summed E-state index contributed by atoms with van der Waals surface area (Å²) >= 11 is 12.7. The molecule has 0 bridgehead atoms. The highest BCUT2D eigenvalue weighted by molar-refractivity contribution is 7.89. The van der Waals surface area contributed by atoms with E-state index < -0.39 is 10.0 Å². The average Bonchev–Trinajstić information content (AvgIpc) is 3.17. The lowest BCUT2D eigenvalue weighted by Gasteiger charge is -2.17. The molecule has 4 aromatic carbocycles. The summed E-state index contributed by atoms with van der Waals surface area (Å²) in [4.78, 5) is 0.307. The second-order valence-corrected chi connectivity index (χ2v) is 10.6. The van der Waals surface area contributed by atoms with Crippen molar-refractivity contribution in [3.05, 3.63) is 99.5 Å². The number of nitrogens with zero attached hydrogens (tertiary/aromatic N) is 1. The number of hydrogen-bond acceptors (Lipinski definition) is 2. The molecule has 1 heterocycles. The molecule has 31 heavy (non-hydrogen) atoms. The SMILES string of the molecule is Cc1ccc(S(=O)(=O)N2Cc3cc4ccccc4c(-c4ccc(Cl)cc4Cl)c3C2)cc1. The number of aryl methyl sites for hydroxylation is 1. The fourth-order valence-electron chi connectivity index (χ4n) is 4.22. The fourth-order valence-corrected chi connectivity index (χ4v) is 6.11. The molecule has 0 saturated carbocycles.